The molecule has 2 aliphatic rings. The van der Waals surface area contributed by atoms with E-state index in [9.17, 15) is 5.11 Å². The maximum atomic E-state index is 10.2. The average Bonchev–Trinajstić information content (AvgIpc) is 2.86. The van der Waals surface area contributed by atoms with Crippen molar-refractivity contribution >= 4 is 0 Å². The van der Waals surface area contributed by atoms with Crippen LogP contribution in [0.2, 0.25) is 0 Å². The molecule has 3 unspecified atom stereocenters. The van der Waals surface area contributed by atoms with Crippen LogP contribution in [0.25, 0.3) is 0 Å². The Labute approximate surface area is 123 Å². The van der Waals surface area contributed by atoms with Gasteiger partial charge in [-0.25, -0.2) is 0 Å². The SMILES string of the molecule is CC(C)NCC1(CN(C)C2CCCCC2O)CCOC1. The Balaban J connectivity index is 1.92. The van der Waals surface area contributed by atoms with Crippen molar-refractivity contribution in [3.8, 4) is 0 Å². The van der Waals surface area contributed by atoms with Crippen LogP contribution in [0.4, 0.5) is 0 Å². The fourth-order valence-electron chi connectivity index (χ4n) is 3.64. The van der Waals surface area contributed by atoms with E-state index in [1.807, 2.05) is 0 Å². The molecular formula is C16H32N2O2. The quantitative estimate of drug-likeness (QED) is 0.778. The van der Waals surface area contributed by atoms with Gasteiger partial charge in [0.25, 0.3) is 0 Å². The highest BCUT2D eigenvalue weighted by Gasteiger charge is 2.38. The lowest BCUT2D eigenvalue weighted by Crippen LogP contribution is -2.51. The summed E-state index contributed by atoms with van der Waals surface area (Å²) >= 11 is 0. The highest BCUT2D eigenvalue weighted by atomic mass is 16.5. The average molecular weight is 284 g/mol. The Kier molecular flexibility index (Phi) is 5.84. The van der Waals surface area contributed by atoms with Gasteiger partial charge in [0, 0.05) is 37.2 Å². The molecule has 0 radical (unpaired) electrons. The van der Waals surface area contributed by atoms with Gasteiger partial charge in [0.1, 0.15) is 0 Å². The highest BCUT2D eigenvalue weighted by molar-refractivity contribution is 4.91. The van der Waals surface area contributed by atoms with Crippen LogP contribution in [-0.2, 0) is 4.74 Å². The van der Waals surface area contributed by atoms with Crippen LogP contribution in [0.3, 0.4) is 0 Å². The van der Waals surface area contributed by atoms with Crippen LogP contribution in [-0.4, -0.2) is 61.5 Å². The summed E-state index contributed by atoms with van der Waals surface area (Å²) in [4.78, 5) is 2.39. The highest BCUT2D eigenvalue weighted by Crippen LogP contribution is 2.31. The lowest BCUT2D eigenvalue weighted by Gasteiger charge is -2.40. The van der Waals surface area contributed by atoms with Crippen LogP contribution in [0.15, 0.2) is 0 Å². The summed E-state index contributed by atoms with van der Waals surface area (Å²) < 4.78 is 5.68. The van der Waals surface area contributed by atoms with E-state index in [-0.39, 0.29) is 11.5 Å². The molecule has 0 aromatic heterocycles. The van der Waals surface area contributed by atoms with Gasteiger partial charge >= 0.3 is 0 Å². The zero-order chi connectivity index (χ0) is 14.6. The number of ether oxygens (including phenoxy) is 1. The van der Waals surface area contributed by atoms with E-state index in [2.05, 4.69) is 31.1 Å². The predicted molar refractivity (Wildman–Crippen MR) is 81.9 cm³/mol. The van der Waals surface area contributed by atoms with Gasteiger partial charge in [0.2, 0.25) is 0 Å². The Hall–Kier alpha value is -0.160. The van der Waals surface area contributed by atoms with Crippen LogP contribution < -0.4 is 5.32 Å². The zero-order valence-corrected chi connectivity index (χ0v) is 13.4. The van der Waals surface area contributed by atoms with E-state index in [1.54, 1.807) is 0 Å². The Morgan fingerprint density at radius 1 is 1.35 bits per heavy atom. The predicted octanol–water partition coefficient (Wildman–Crippen LogP) is 1.63. The standard InChI is InChI=1S/C16H32N2O2/c1-13(2)17-10-16(8-9-20-12-16)11-18(3)14-6-4-5-7-15(14)19/h13-15,17,19H,4-12H2,1-3H3. The fraction of sp³-hybridized carbons (Fsp3) is 1.00. The first-order valence-electron chi connectivity index (χ1n) is 8.22. The van der Waals surface area contributed by atoms with Crippen molar-refractivity contribution in [3.05, 3.63) is 0 Å². The Bertz CT molecular complexity index is 290. The van der Waals surface area contributed by atoms with Gasteiger partial charge < -0.3 is 20.1 Å². The molecule has 20 heavy (non-hydrogen) atoms. The van der Waals surface area contributed by atoms with E-state index in [0.29, 0.717) is 12.1 Å². The number of hydrogen-bond donors (Lipinski definition) is 2. The number of hydrogen-bond acceptors (Lipinski definition) is 4. The zero-order valence-electron chi connectivity index (χ0n) is 13.4. The van der Waals surface area contributed by atoms with E-state index in [4.69, 9.17) is 4.74 Å². The molecule has 0 aromatic rings. The summed E-state index contributed by atoms with van der Waals surface area (Å²) in [5.74, 6) is 0. The van der Waals surface area contributed by atoms with Gasteiger partial charge in [0.05, 0.1) is 12.7 Å². The number of aliphatic hydroxyl groups is 1. The third kappa shape index (κ3) is 4.17. The molecule has 0 amide bonds. The van der Waals surface area contributed by atoms with Gasteiger partial charge in [-0.05, 0) is 26.3 Å². The first kappa shape index (κ1) is 16.2. The molecule has 0 spiro atoms. The second kappa shape index (κ2) is 7.21. The van der Waals surface area contributed by atoms with Gasteiger partial charge in [-0.2, -0.15) is 0 Å². The van der Waals surface area contributed by atoms with E-state index >= 15 is 0 Å². The summed E-state index contributed by atoms with van der Waals surface area (Å²) in [6.45, 7) is 8.14. The number of nitrogens with one attached hydrogen (secondary N) is 1. The lowest BCUT2D eigenvalue weighted by molar-refractivity contribution is 0.00923. The summed E-state index contributed by atoms with van der Waals surface area (Å²) in [7, 11) is 2.18. The molecule has 2 rings (SSSR count). The van der Waals surface area contributed by atoms with Crippen LogP contribution in [0.1, 0.15) is 46.0 Å². The van der Waals surface area contributed by atoms with Gasteiger partial charge in [-0.15, -0.1) is 0 Å². The van der Waals surface area contributed by atoms with Crippen molar-refractivity contribution in [2.45, 2.75) is 64.1 Å². The van der Waals surface area contributed by atoms with Crippen molar-refractivity contribution in [1.82, 2.24) is 10.2 Å². The second-order valence-electron chi connectivity index (χ2n) is 7.17. The smallest absolute Gasteiger partial charge is 0.0695 e. The summed E-state index contributed by atoms with van der Waals surface area (Å²) in [5.41, 5.74) is 0.218. The van der Waals surface area contributed by atoms with E-state index in [1.165, 1.54) is 12.8 Å². The molecule has 0 aromatic carbocycles. The first-order valence-corrected chi connectivity index (χ1v) is 8.22. The largest absolute Gasteiger partial charge is 0.391 e. The molecule has 2 fully saturated rings. The number of aliphatic hydroxyl groups excluding tert-OH is 1. The van der Waals surface area contributed by atoms with E-state index in [0.717, 1.165) is 45.6 Å². The van der Waals surface area contributed by atoms with Crippen molar-refractivity contribution in [3.63, 3.8) is 0 Å². The second-order valence-corrected chi connectivity index (χ2v) is 7.17. The monoisotopic (exact) mass is 284 g/mol. The molecule has 4 heteroatoms. The Morgan fingerprint density at radius 2 is 2.10 bits per heavy atom. The molecule has 1 saturated heterocycles. The van der Waals surface area contributed by atoms with Crippen molar-refractivity contribution in [1.29, 1.82) is 0 Å². The molecular weight excluding hydrogens is 252 g/mol. The van der Waals surface area contributed by atoms with Gasteiger partial charge in [-0.1, -0.05) is 26.7 Å². The summed E-state index contributed by atoms with van der Waals surface area (Å²) in [6.07, 6.45) is 5.50. The van der Waals surface area contributed by atoms with E-state index < -0.39 is 0 Å². The van der Waals surface area contributed by atoms with Crippen molar-refractivity contribution < 1.29 is 9.84 Å². The molecule has 118 valence electrons. The molecule has 1 aliphatic heterocycles. The first-order chi connectivity index (χ1) is 9.52. The summed E-state index contributed by atoms with van der Waals surface area (Å²) in [5, 5.41) is 13.8. The topological polar surface area (TPSA) is 44.7 Å². The summed E-state index contributed by atoms with van der Waals surface area (Å²) in [6, 6.07) is 0.846. The molecule has 4 nitrogen and oxygen atoms in total. The van der Waals surface area contributed by atoms with Crippen LogP contribution in [0, 0.1) is 5.41 Å². The lowest BCUT2D eigenvalue weighted by atomic mass is 9.84. The van der Waals surface area contributed by atoms with Crippen molar-refractivity contribution in [2.24, 2.45) is 5.41 Å². The number of rotatable bonds is 6. The third-order valence-corrected chi connectivity index (χ3v) is 4.92. The molecule has 3 atom stereocenters. The third-order valence-electron chi connectivity index (χ3n) is 4.92. The van der Waals surface area contributed by atoms with Gasteiger partial charge in [0.15, 0.2) is 0 Å². The molecule has 0 bridgehead atoms. The fourth-order valence-corrected chi connectivity index (χ4v) is 3.64. The maximum absolute atomic E-state index is 10.2. The minimum Gasteiger partial charge on any atom is -0.391 e. The maximum Gasteiger partial charge on any atom is 0.0695 e. The van der Waals surface area contributed by atoms with Crippen LogP contribution in [0.5, 0.6) is 0 Å². The minimum atomic E-state index is -0.147. The number of nitrogens with zero attached hydrogens (tertiary/aromatic N) is 1. The van der Waals surface area contributed by atoms with Gasteiger partial charge in [-0.3, -0.25) is 0 Å². The number of likely N-dealkylation sites (N-methyl/N-ethyl adjacent to an activating group) is 1. The molecule has 2 N–H and O–H groups in total. The molecule has 1 heterocycles. The van der Waals surface area contributed by atoms with Crippen LogP contribution >= 0.6 is 0 Å². The normalized spacial score (nSPS) is 35.1. The minimum absolute atomic E-state index is 0.147. The Morgan fingerprint density at radius 3 is 2.70 bits per heavy atom. The van der Waals surface area contributed by atoms with Crippen molar-refractivity contribution in [2.75, 3.05) is 33.4 Å². The molecule has 1 aliphatic carbocycles. The molecule has 1 saturated carbocycles.